The second-order valence-corrected chi connectivity index (χ2v) is 7.25. The Morgan fingerprint density at radius 1 is 0.931 bits per heavy atom. The first kappa shape index (κ1) is 20.6. The molecule has 1 aliphatic heterocycles. The van der Waals surface area contributed by atoms with Crippen LogP contribution in [0.3, 0.4) is 0 Å². The first-order chi connectivity index (χ1) is 14.0. The van der Waals surface area contributed by atoms with Crippen LogP contribution in [0.15, 0.2) is 60.3 Å². The second-order valence-electron chi connectivity index (χ2n) is 7.25. The molecule has 0 bridgehead atoms. The van der Waals surface area contributed by atoms with Crippen molar-refractivity contribution in [1.82, 2.24) is 4.90 Å². The van der Waals surface area contributed by atoms with Crippen LogP contribution < -0.4 is 9.64 Å². The summed E-state index contributed by atoms with van der Waals surface area (Å²) in [5.74, 6) is 0.249. The third-order valence-corrected chi connectivity index (χ3v) is 4.88. The van der Waals surface area contributed by atoms with Crippen molar-refractivity contribution in [2.24, 2.45) is 0 Å². The number of anilines is 1. The number of carbonyl (C=O) groups excluding carboxylic acids is 2. The molecule has 3 rings (SSSR count). The zero-order valence-corrected chi connectivity index (χ0v) is 17.5. The lowest BCUT2D eigenvalue weighted by Crippen LogP contribution is -2.39. The topological polar surface area (TPSA) is 49.9 Å². The third-order valence-electron chi connectivity index (χ3n) is 4.88. The van der Waals surface area contributed by atoms with Crippen LogP contribution in [0.1, 0.15) is 39.7 Å². The predicted molar refractivity (Wildman–Crippen MR) is 116 cm³/mol. The van der Waals surface area contributed by atoms with Crippen LogP contribution in [0.4, 0.5) is 5.69 Å². The molecule has 0 spiro atoms. The molecule has 2 aromatic carbocycles. The van der Waals surface area contributed by atoms with Crippen molar-refractivity contribution >= 4 is 23.1 Å². The monoisotopic (exact) mass is 392 g/mol. The van der Waals surface area contributed by atoms with Gasteiger partial charge in [-0.25, -0.2) is 0 Å². The van der Waals surface area contributed by atoms with Gasteiger partial charge in [0.2, 0.25) is 0 Å². The highest BCUT2D eigenvalue weighted by atomic mass is 16.5. The fourth-order valence-electron chi connectivity index (χ4n) is 3.53. The fourth-order valence-corrected chi connectivity index (χ4v) is 3.53. The minimum absolute atomic E-state index is 0.218. The van der Waals surface area contributed by atoms with E-state index in [-0.39, 0.29) is 17.9 Å². The SMILES string of the molecule is CCCOc1ccc(C2=C(N(CC)c3ccccc3)C(=O)N(C(C)C)C2=O)cc1. The van der Waals surface area contributed by atoms with Gasteiger partial charge in [0.05, 0.1) is 12.2 Å². The summed E-state index contributed by atoms with van der Waals surface area (Å²) in [7, 11) is 0. The first-order valence-electron chi connectivity index (χ1n) is 10.2. The van der Waals surface area contributed by atoms with E-state index in [4.69, 9.17) is 4.74 Å². The van der Waals surface area contributed by atoms with Gasteiger partial charge in [-0.1, -0.05) is 37.3 Å². The standard InChI is InChI=1S/C24H28N2O3/c1-5-16-29-20-14-12-18(13-15-20)21-22(24(28)26(17(3)4)23(21)27)25(6-2)19-10-8-7-9-11-19/h7-15,17H,5-6,16H2,1-4H3. The lowest BCUT2D eigenvalue weighted by molar-refractivity contribution is -0.138. The molecule has 5 nitrogen and oxygen atoms in total. The number of carbonyl (C=O) groups is 2. The van der Waals surface area contributed by atoms with Gasteiger partial charge in [0.25, 0.3) is 11.8 Å². The van der Waals surface area contributed by atoms with Crippen molar-refractivity contribution < 1.29 is 14.3 Å². The van der Waals surface area contributed by atoms with E-state index in [9.17, 15) is 9.59 Å². The van der Waals surface area contributed by atoms with E-state index in [0.29, 0.717) is 24.4 Å². The first-order valence-corrected chi connectivity index (χ1v) is 10.2. The summed E-state index contributed by atoms with van der Waals surface area (Å²) in [6.45, 7) is 8.97. The van der Waals surface area contributed by atoms with Gasteiger partial charge < -0.3 is 9.64 Å². The van der Waals surface area contributed by atoms with Crippen LogP contribution in [0.5, 0.6) is 5.75 Å². The lowest BCUT2D eigenvalue weighted by Gasteiger charge is -2.25. The average molecular weight is 392 g/mol. The molecule has 2 amide bonds. The number of rotatable bonds is 8. The number of ether oxygens (including phenoxy) is 1. The molecule has 0 radical (unpaired) electrons. The number of hydrogen-bond acceptors (Lipinski definition) is 4. The van der Waals surface area contributed by atoms with E-state index >= 15 is 0 Å². The zero-order chi connectivity index (χ0) is 21.0. The number of imide groups is 1. The van der Waals surface area contributed by atoms with Crippen LogP contribution >= 0.6 is 0 Å². The minimum Gasteiger partial charge on any atom is -0.494 e. The van der Waals surface area contributed by atoms with Crippen LogP contribution in [0, 0.1) is 0 Å². The van der Waals surface area contributed by atoms with Crippen LogP contribution in [-0.2, 0) is 9.59 Å². The molecule has 152 valence electrons. The summed E-state index contributed by atoms with van der Waals surface area (Å²) in [6, 6.07) is 16.9. The summed E-state index contributed by atoms with van der Waals surface area (Å²) < 4.78 is 5.66. The molecule has 0 atom stereocenters. The number of nitrogens with zero attached hydrogens (tertiary/aromatic N) is 2. The molecular formula is C24H28N2O3. The van der Waals surface area contributed by atoms with E-state index < -0.39 is 0 Å². The smallest absolute Gasteiger partial charge is 0.278 e. The van der Waals surface area contributed by atoms with E-state index in [0.717, 1.165) is 23.4 Å². The van der Waals surface area contributed by atoms with Gasteiger partial charge >= 0.3 is 0 Å². The molecule has 0 fully saturated rings. The van der Waals surface area contributed by atoms with Gasteiger partial charge in [0.15, 0.2) is 0 Å². The summed E-state index contributed by atoms with van der Waals surface area (Å²) in [5, 5.41) is 0. The van der Waals surface area contributed by atoms with Crippen molar-refractivity contribution in [3.8, 4) is 5.75 Å². The highest BCUT2D eigenvalue weighted by Crippen LogP contribution is 2.35. The molecule has 5 heteroatoms. The molecule has 29 heavy (non-hydrogen) atoms. The van der Waals surface area contributed by atoms with Gasteiger partial charge in [-0.05, 0) is 57.0 Å². The molecule has 0 saturated carbocycles. The van der Waals surface area contributed by atoms with Gasteiger partial charge in [-0.15, -0.1) is 0 Å². The van der Waals surface area contributed by atoms with Crippen molar-refractivity contribution in [2.75, 3.05) is 18.1 Å². The molecule has 1 heterocycles. The quantitative estimate of drug-likeness (QED) is 0.621. The Kier molecular flexibility index (Phi) is 6.37. The maximum absolute atomic E-state index is 13.3. The molecule has 0 unspecified atom stereocenters. The highest BCUT2D eigenvalue weighted by Gasteiger charge is 2.42. The molecule has 0 aromatic heterocycles. The average Bonchev–Trinajstić information content (AvgIpc) is 2.98. The van der Waals surface area contributed by atoms with Crippen molar-refractivity contribution in [3.63, 3.8) is 0 Å². The lowest BCUT2D eigenvalue weighted by atomic mass is 10.0. The minimum atomic E-state index is -0.253. The third kappa shape index (κ3) is 4.04. The Balaban J connectivity index is 2.11. The largest absolute Gasteiger partial charge is 0.494 e. The van der Waals surface area contributed by atoms with Gasteiger partial charge in [-0.3, -0.25) is 14.5 Å². The molecule has 2 aromatic rings. The highest BCUT2D eigenvalue weighted by molar-refractivity contribution is 6.36. The number of para-hydroxylation sites is 1. The van der Waals surface area contributed by atoms with Gasteiger partial charge in [-0.2, -0.15) is 0 Å². The van der Waals surface area contributed by atoms with Crippen molar-refractivity contribution in [1.29, 1.82) is 0 Å². The van der Waals surface area contributed by atoms with E-state index in [1.807, 2.05) is 80.3 Å². The molecule has 0 saturated heterocycles. The van der Waals surface area contributed by atoms with Crippen molar-refractivity contribution in [2.45, 2.75) is 40.2 Å². The number of amides is 2. The van der Waals surface area contributed by atoms with Crippen molar-refractivity contribution in [3.05, 3.63) is 65.9 Å². The maximum Gasteiger partial charge on any atom is 0.278 e. The summed E-state index contributed by atoms with van der Waals surface area (Å²) in [6.07, 6.45) is 0.927. The maximum atomic E-state index is 13.3. The van der Waals surface area contributed by atoms with Crippen LogP contribution in [0.25, 0.3) is 5.57 Å². The van der Waals surface area contributed by atoms with Gasteiger partial charge in [0.1, 0.15) is 11.4 Å². The Hall–Kier alpha value is -3.08. The van der Waals surface area contributed by atoms with E-state index in [1.165, 1.54) is 4.90 Å². The van der Waals surface area contributed by atoms with Gasteiger partial charge in [0, 0.05) is 18.3 Å². The Labute approximate surface area is 172 Å². The summed E-state index contributed by atoms with van der Waals surface area (Å²) in [5.41, 5.74) is 2.48. The predicted octanol–water partition coefficient (Wildman–Crippen LogP) is 4.49. The normalized spacial score (nSPS) is 14.2. The van der Waals surface area contributed by atoms with E-state index in [1.54, 1.807) is 0 Å². The Bertz CT molecular complexity index is 901. The Morgan fingerprint density at radius 3 is 2.14 bits per heavy atom. The molecular weight excluding hydrogens is 364 g/mol. The van der Waals surface area contributed by atoms with E-state index in [2.05, 4.69) is 6.92 Å². The summed E-state index contributed by atoms with van der Waals surface area (Å²) >= 11 is 0. The number of benzene rings is 2. The number of likely N-dealkylation sites (N-methyl/N-ethyl adjacent to an activating group) is 1. The number of hydrogen-bond donors (Lipinski definition) is 0. The zero-order valence-electron chi connectivity index (χ0n) is 17.5. The molecule has 0 N–H and O–H groups in total. The Morgan fingerprint density at radius 2 is 1.59 bits per heavy atom. The molecule has 0 aliphatic carbocycles. The molecule has 1 aliphatic rings. The van der Waals surface area contributed by atoms with Crippen LogP contribution in [0.2, 0.25) is 0 Å². The van der Waals surface area contributed by atoms with Crippen LogP contribution in [-0.4, -0.2) is 35.9 Å². The fraction of sp³-hybridized carbons (Fsp3) is 0.333. The summed E-state index contributed by atoms with van der Waals surface area (Å²) in [4.78, 5) is 29.8. The second kappa shape index (κ2) is 8.95.